The molecule has 0 aliphatic heterocycles. The minimum absolute atomic E-state index is 0.198. The molecular formula is C13H17BN2O2. The topological polar surface area (TPSA) is 44.0 Å². The van der Waals surface area contributed by atoms with Crippen LogP contribution in [0.15, 0.2) is 21.8 Å². The van der Waals surface area contributed by atoms with Gasteiger partial charge in [0.05, 0.1) is 5.56 Å². The highest BCUT2D eigenvalue weighted by atomic mass is 16.2. The van der Waals surface area contributed by atoms with Crippen molar-refractivity contribution in [1.82, 2.24) is 9.13 Å². The molecule has 0 aromatic carbocycles. The second-order valence-electron chi connectivity index (χ2n) is 5.07. The minimum Gasteiger partial charge on any atom is -0.297 e. The molecule has 4 nitrogen and oxygen atoms in total. The second-order valence-corrected chi connectivity index (χ2v) is 5.07. The van der Waals surface area contributed by atoms with Gasteiger partial charge in [-0.3, -0.25) is 13.9 Å². The molecule has 5 heteroatoms. The third-order valence-electron chi connectivity index (χ3n) is 3.67. The van der Waals surface area contributed by atoms with Crippen LogP contribution in [0.1, 0.15) is 37.8 Å². The maximum Gasteiger partial charge on any atom is 0.330 e. The Morgan fingerprint density at radius 2 is 2.11 bits per heavy atom. The van der Waals surface area contributed by atoms with Crippen LogP contribution in [-0.4, -0.2) is 17.0 Å². The van der Waals surface area contributed by atoms with Gasteiger partial charge in [-0.25, -0.2) is 4.79 Å². The molecule has 0 N–H and O–H groups in total. The summed E-state index contributed by atoms with van der Waals surface area (Å²) in [7, 11) is 6.83. The van der Waals surface area contributed by atoms with Crippen LogP contribution >= 0.6 is 0 Å². The Morgan fingerprint density at radius 1 is 1.39 bits per heavy atom. The van der Waals surface area contributed by atoms with E-state index in [-0.39, 0.29) is 17.3 Å². The van der Waals surface area contributed by atoms with Gasteiger partial charge in [0.1, 0.15) is 7.85 Å². The van der Waals surface area contributed by atoms with Gasteiger partial charge in [-0.1, -0.05) is 13.0 Å². The fourth-order valence-electron chi connectivity index (χ4n) is 2.62. The van der Waals surface area contributed by atoms with E-state index in [0.29, 0.717) is 11.5 Å². The fourth-order valence-corrected chi connectivity index (χ4v) is 2.62. The maximum atomic E-state index is 12.1. The molecule has 1 fully saturated rings. The highest BCUT2D eigenvalue weighted by Gasteiger charge is 2.24. The summed E-state index contributed by atoms with van der Waals surface area (Å²) in [4.78, 5) is 24.0. The zero-order valence-corrected chi connectivity index (χ0v) is 10.8. The van der Waals surface area contributed by atoms with Crippen molar-refractivity contribution in [2.24, 2.45) is 13.0 Å². The van der Waals surface area contributed by atoms with E-state index >= 15 is 0 Å². The molecule has 1 aromatic rings. The highest BCUT2D eigenvalue weighted by molar-refractivity contribution is 6.19. The van der Waals surface area contributed by atoms with Crippen LogP contribution < -0.4 is 11.2 Å². The normalized spacial score (nSPS) is 23.9. The molecule has 1 aromatic heterocycles. The van der Waals surface area contributed by atoms with Crippen molar-refractivity contribution in [3.8, 4) is 0 Å². The van der Waals surface area contributed by atoms with Crippen LogP contribution in [0.2, 0.25) is 0 Å². The lowest BCUT2D eigenvalue weighted by Gasteiger charge is -2.15. The first kappa shape index (κ1) is 12.9. The Bertz CT molecular complexity index is 586. The molecule has 2 radical (unpaired) electrons. The van der Waals surface area contributed by atoms with E-state index in [0.717, 1.165) is 23.8 Å². The predicted octanol–water partition coefficient (Wildman–Crippen LogP) is 1.05. The van der Waals surface area contributed by atoms with Crippen molar-refractivity contribution >= 4 is 13.9 Å². The van der Waals surface area contributed by atoms with E-state index in [9.17, 15) is 9.59 Å². The second kappa shape index (κ2) is 5.00. The molecular weight excluding hydrogens is 227 g/mol. The van der Waals surface area contributed by atoms with E-state index < -0.39 is 0 Å². The number of nitrogens with zero attached hydrogens (tertiary/aromatic N) is 2. The van der Waals surface area contributed by atoms with Crippen molar-refractivity contribution < 1.29 is 0 Å². The average Bonchev–Trinajstić information content (AvgIpc) is 2.76. The molecule has 0 saturated heterocycles. The van der Waals surface area contributed by atoms with Gasteiger partial charge in [0.25, 0.3) is 5.56 Å². The van der Waals surface area contributed by atoms with Crippen LogP contribution in [0.5, 0.6) is 0 Å². The lowest BCUT2D eigenvalue weighted by atomic mass is 10.1. The Labute approximate surface area is 107 Å². The highest BCUT2D eigenvalue weighted by Crippen LogP contribution is 2.32. The number of hydrogen-bond donors (Lipinski definition) is 0. The van der Waals surface area contributed by atoms with Gasteiger partial charge in [-0.15, -0.1) is 5.98 Å². The molecule has 1 heterocycles. The van der Waals surface area contributed by atoms with E-state index in [1.807, 2.05) is 0 Å². The van der Waals surface area contributed by atoms with Crippen molar-refractivity contribution in [1.29, 1.82) is 0 Å². The molecule has 2 rings (SSSR count). The molecule has 0 spiro atoms. The average molecular weight is 244 g/mol. The molecule has 94 valence electrons. The zero-order valence-electron chi connectivity index (χ0n) is 10.8. The summed E-state index contributed by atoms with van der Waals surface area (Å²) >= 11 is 0. The lowest BCUT2D eigenvalue weighted by molar-refractivity contribution is 0.456. The van der Waals surface area contributed by atoms with Gasteiger partial charge in [0.2, 0.25) is 0 Å². The first-order chi connectivity index (χ1) is 8.54. The van der Waals surface area contributed by atoms with Gasteiger partial charge in [0.15, 0.2) is 0 Å². The Morgan fingerprint density at radius 3 is 2.67 bits per heavy atom. The maximum absolute atomic E-state index is 12.1. The zero-order chi connectivity index (χ0) is 13.3. The first-order valence-corrected chi connectivity index (χ1v) is 6.25. The van der Waals surface area contributed by atoms with Crippen molar-refractivity contribution in [2.45, 2.75) is 32.2 Å². The van der Waals surface area contributed by atoms with Gasteiger partial charge < -0.3 is 0 Å². The summed E-state index contributed by atoms with van der Waals surface area (Å²) in [5.41, 5.74) is -0.0866. The SMILES string of the molecule is [B]/C=C/c1cn(C2CCC(C)C2)c(=O)n(C)c1=O. The molecule has 1 saturated carbocycles. The number of hydrogen-bond acceptors (Lipinski definition) is 2. The van der Waals surface area contributed by atoms with E-state index in [2.05, 4.69) is 6.92 Å². The van der Waals surface area contributed by atoms with Gasteiger partial charge in [-0.2, -0.15) is 0 Å². The number of rotatable bonds is 2. The van der Waals surface area contributed by atoms with E-state index in [4.69, 9.17) is 7.85 Å². The summed E-state index contributed by atoms with van der Waals surface area (Å²) in [5.74, 6) is 1.95. The monoisotopic (exact) mass is 244 g/mol. The standard InChI is InChI=1S/C13H17BN2O2/c1-9-3-4-11(7-9)16-8-10(5-6-14)12(17)15(2)13(16)18/h5-6,8-9,11H,3-4,7H2,1-2H3/b6-5+. The summed E-state index contributed by atoms with van der Waals surface area (Å²) in [5, 5.41) is 0. The van der Waals surface area contributed by atoms with Crippen LogP contribution in [-0.2, 0) is 7.05 Å². The molecule has 18 heavy (non-hydrogen) atoms. The molecule has 1 aliphatic rings. The molecule has 2 unspecified atom stereocenters. The van der Waals surface area contributed by atoms with Crippen LogP contribution in [0.25, 0.3) is 6.08 Å². The molecule has 1 aliphatic carbocycles. The summed E-state index contributed by atoms with van der Waals surface area (Å²) < 4.78 is 2.83. The van der Waals surface area contributed by atoms with Crippen molar-refractivity contribution in [3.63, 3.8) is 0 Å². The molecule has 0 bridgehead atoms. The van der Waals surface area contributed by atoms with E-state index in [1.54, 1.807) is 10.8 Å². The number of aromatic nitrogens is 2. The van der Waals surface area contributed by atoms with Crippen LogP contribution in [0.4, 0.5) is 0 Å². The Balaban J connectivity index is 2.54. The van der Waals surface area contributed by atoms with Crippen molar-refractivity contribution in [3.05, 3.63) is 38.6 Å². The summed E-state index contributed by atoms with van der Waals surface area (Å²) in [6.07, 6.45) is 6.28. The van der Waals surface area contributed by atoms with Gasteiger partial charge in [0, 0.05) is 19.3 Å². The lowest BCUT2D eigenvalue weighted by Crippen LogP contribution is -2.40. The largest absolute Gasteiger partial charge is 0.330 e. The van der Waals surface area contributed by atoms with Gasteiger partial charge >= 0.3 is 5.69 Å². The fraction of sp³-hybridized carbons (Fsp3) is 0.538. The molecule has 2 atom stereocenters. The summed E-state index contributed by atoms with van der Waals surface area (Å²) in [6.45, 7) is 2.19. The molecule has 0 amide bonds. The minimum atomic E-state index is -0.302. The Hall–Kier alpha value is -1.52. The van der Waals surface area contributed by atoms with Crippen molar-refractivity contribution in [2.75, 3.05) is 0 Å². The summed E-state index contributed by atoms with van der Waals surface area (Å²) in [6, 6.07) is 0.198. The predicted molar refractivity (Wildman–Crippen MR) is 72.8 cm³/mol. The van der Waals surface area contributed by atoms with Gasteiger partial charge in [-0.05, 0) is 25.2 Å². The smallest absolute Gasteiger partial charge is 0.297 e. The quantitative estimate of drug-likeness (QED) is 0.730. The van der Waals surface area contributed by atoms with Crippen LogP contribution in [0.3, 0.4) is 0 Å². The Kier molecular flexibility index (Phi) is 3.59. The van der Waals surface area contributed by atoms with E-state index in [1.165, 1.54) is 19.1 Å². The third-order valence-corrected chi connectivity index (χ3v) is 3.67. The van der Waals surface area contributed by atoms with Crippen LogP contribution in [0, 0.1) is 5.92 Å². The first-order valence-electron chi connectivity index (χ1n) is 6.25. The third kappa shape index (κ3) is 2.21.